The minimum absolute atomic E-state index is 0.0824. The molecule has 1 aliphatic carbocycles. The third kappa shape index (κ3) is 3.46. The second-order valence-corrected chi connectivity index (χ2v) is 6.91. The van der Waals surface area contributed by atoms with Crippen molar-refractivity contribution in [2.75, 3.05) is 5.75 Å². The SMILES string of the molecule is CC1(C)CCC(OC(=O)c2ccccc2)C1CS(=O)O. The molecular formula is C15H20O4S. The van der Waals surface area contributed by atoms with E-state index in [1.165, 1.54) is 0 Å². The van der Waals surface area contributed by atoms with Crippen molar-refractivity contribution in [1.82, 2.24) is 0 Å². The van der Waals surface area contributed by atoms with Crippen LogP contribution >= 0.6 is 0 Å². The van der Waals surface area contributed by atoms with Gasteiger partial charge in [0.2, 0.25) is 0 Å². The number of carbonyl (C=O) groups excluding carboxylic acids is 1. The molecule has 0 aromatic heterocycles. The number of hydrogen-bond donors (Lipinski definition) is 1. The van der Waals surface area contributed by atoms with Crippen LogP contribution in [-0.4, -0.2) is 26.6 Å². The maximum atomic E-state index is 12.1. The van der Waals surface area contributed by atoms with Gasteiger partial charge >= 0.3 is 5.97 Å². The topological polar surface area (TPSA) is 63.6 Å². The fraction of sp³-hybridized carbons (Fsp3) is 0.533. The third-order valence-corrected chi connectivity index (χ3v) is 4.76. The Morgan fingerprint density at radius 3 is 2.65 bits per heavy atom. The zero-order chi connectivity index (χ0) is 14.8. The first-order valence-corrected chi connectivity index (χ1v) is 8.01. The first kappa shape index (κ1) is 15.2. The van der Waals surface area contributed by atoms with E-state index in [0.29, 0.717) is 5.56 Å². The molecule has 0 spiro atoms. The summed E-state index contributed by atoms with van der Waals surface area (Å²) in [4.78, 5) is 12.1. The van der Waals surface area contributed by atoms with Crippen molar-refractivity contribution < 1.29 is 18.3 Å². The molecule has 1 fully saturated rings. The van der Waals surface area contributed by atoms with Crippen LogP contribution in [0.1, 0.15) is 37.0 Å². The summed E-state index contributed by atoms with van der Waals surface area (Å²) >= 11 is -1.87. The zero-order valence-corrected chi connectivity index (χ0v) is 12.6. The van der Waals surface area contributed by atoms with Gasteiger partial charge in [-0.25, -0.2) is 9.00 Å². The number of hydrogen-bond acceptors (Lipinski definition) is 3. The molecule has 1 aromatic rings. The van der Waals surface area contributed by atoms with Crippen LogP contribution in [0.15, 0.2) is 30.3 Å². The van der Waals surface area contributed by atoms with Crippen LogP contribution < -0.4 is 0 Å². The van der Waals surface area contributed by atoms with Gasteiger partial charge in [-0.15, -0.1) is 0 Å². The zero-order valence-electron chi connectivity index (χ0n) is 11.7. The molecule has 5 heteroatoms. The standard InChI is InChI=1S/C15H20O4S/c1-15(2)9-8-13(12(15)10-20(17)18)19-14(16)11-6-4-3-5-7-11/h3-7,12-13H,8-10H2,1-2H3,(H,17,18). The molecule has 4 nitrogen and oxygen atoms in total. The van der Waals surface area contributed by atoms with Crippen molar-refractivity contribution in [3.05, 3.63) is 35.9 Å². The van der Waals surface area contributed by atoms with Crippen molar-refractivity contribution in [3.8, 4) is 0 Å². The molecule has 2 rings (SSSR count). The number of benzene rings is 1. The van der Waals surface area contributed by atoms with Gasteiger partial charge in [0.05, 0.1) is 11.3 Å². The number of ether oxygens (including phenoxy) is 1. The molecule has 1 aromatic carbocycles. The van der Waals surface area contributed by atoms with Gasteiger partial charge in [-0.3, -0.25) is 0 Å². The van der Waals surface area contributed by atoms with Crippen molar-refractivity contribution in [2.24, 2.45) is 11.3 Å². The van der Waals surface area contributed by atoms with Crippen molar-refractivity contribution in [1.29, 1.82) is 0 Å². The Bertz CT molecular complexity index is 498. The highest BCUT2D eigenvalue weighted by Crippen LogP contribution is 2.44. The van der Waals surface area contributed by atoms with E-state index >= 15 is 0 Å². The van der Waals surface area contributed by atoms with Crippen LogP contribution in [0.25, 0.3) is 0 Å². The van der Waals surface area contributed by atoms with Crippen LogP contribution in [0.4, 0.5) is 0 Å². The number of rotatable bonds is 4. The lowest BCUT2D eigenvalue weighted by molar-refractivity contribution is 0.0161. The van der Waals surface area contributed by atoms with Crippen molar-refractivity contribution >= 4 is 17.0 Å². The summed E-state index contributed by atoms with van der Waals surface area (Å²) in [5.41, 5.74) is 0.432. The molecule has 20 heavy (non-hydrogen) atoms. The van der Waals surface area contributed by atoms with E-state index in [9.17, 15) is 9.00 Å². The first-order valence-electron chi connectivity index (χ1n) is 6.73. The summed E-state index contributed by atoms with van der Waals surface area (Å²) in [6, 6.07) is 8.83. The number of carbonyl (C=O) groups is 1. The normalized spacial score (nSPS) is 26.1. The van der Waals surface area contributed by atoms with Gasteiger partial charge in [0.15, 0.2) is 11.1 Å². The van der Waals surface area contributed by atoms with Crippen LogP contribution in [0.2, 0.25) is 0 Å². The van der Waals surface area contributed by atoms with E-state index in [1.54, 1.807) is 24.3 Å². The van der Waals surface area contributed by atoms with Crippen LogP contribution in [0.3, 0.4) is 0 Å². The fourth-order valence-corrected chi connectivity index (χ4v) is 3.78. The molecule has 3 atom stereocenters. The molecule has 0 bridgehead atoms. The van der Waals surface area contributed by atoms with Crippen molar-refractivity contribution in [3.63, 3.8) is 0 Å². The molecular weight excluding hydrogens is 276 g/mol. The highest BCUT2D eigenvalue weighted by atomic mass is 32.2. The lowest BCUT2D eigenvalue weighted by Crippen LogP contribution is -2.33. The van der Waals surface area contributed by atoms with Gasteiger partial charge in [0.25, 0.3) is 0 Å². The Hall–Kier alpha value is -1.20. The maximum absolute atomic E-state index is 12.1. The summed E-state index contributed by atoms with van der Waals surface area (Å²) < 4.78 is 25.8. The molecule has 0 saturated heterocycles. The summed E-state index contributed by atoms with van der Waals surface area (Å²) in [7, 11) is 0. The summed E-state index contributed by atoms with van der Waals surface area (Å²) in [6.07, 6.45) is 1.35. The smallest absolute Gasteiger partial charge is 0.338 e. The maximum Gasteiger partial charge on any atom is 0.338 e. The van der Waals surface area contributed by atoms with Gasteiger partial charge in [0, 0.05) is 5.92 Å². The van der Waals surface area contributed by atoms with Crippen LogP contribution in [0.5, 0.6) is 0 Å². The van der Waals surface area contributed by atoms with E-state index in [2.05, 4.69) is 13.8 Å². The minimum Gasteiger partial charge on any atom is -0.458 e. The minimum atomic E-state index is -1.87. The Labute approximate surface area is 121 Å². The Morgan fingerprint density at radius 2 is 2.05 bits per heavy atom. The van der Waals surface area contributed by atoms with Crippen molar-refractivity contribution in [2.45, 2.75) is 32.8 Å². The van der Waals surface area contributed by atoms with Gasteiger partial charge in [-0.05, 0) is 30.4 Å². The molecule has 1 aliphatic rings. The predicted octanol–water partition coefficient (Wildman–Crippen LogP) is 2.87. The largest absolute Gasteiger partial charge is 0.458 e. The highest BCUT2D eigenvalue weighted by Gasteiger charge is 2.44. The van der Waals surface area contributed by atoms with Crippen LogP contribution in [-0.2, 0) is 15.8 Å². The summed E-state index contributed by atoms with van der Waals surface area (Å²) in [5.74, 6) is -0.289. The van der Waals surface area contributed by atoms with Gasteiger partial charge < -0.3 is 9.29 Å². The van der Waals surface area contributed by atoms with E-state index in [-0.39, 0.29) is 29.2 Å². The Morgan fingerprint density at radius 1 is 1.40 bits per heavy atom. The highest BCUT2D eigenvalue weighted by molar-refractivity contribution is 7.79. The molecule has 1 saturated carbocycles. The van der Waals surface area contributed by atoms with Gasteiger partial charge in [-0.2, -0.15) is 0 Å². The van der Waals surface area contributed by atoms with E-state index in [1.807, 2.05) is 6.07 Å². The lowest BCUT2D eigenvalue weighted by atomic mass is 9.82. The molecule has 3 unspecified atom stereocenters. The van der Waals surface area contributed by atoms with Gasteiger partial charge in [0.1, 0.15) is 6.10 Å². The Kier molecular flexibility index (Phi) is 4.60. The lowest BCUT2D eigenvalue weighted by Gasteiger charge is -2.29. The van der Waals surface area contributed by atoms with E-state index < -0.39 is 11.1 Å². The molecule has 110 valence electrons. The van der Waals surface area contributed by atoms with E-state index in [0.717, 1.165) is 12.8 Å². The third-order valence-electron chi connectivity index (χ3n) is 4.12. The second kappa shape index (κ2) is 6.06. The van der Waals surface area contributed by atoms with Crippen LogP contribution in [0, 0.1) is 11.3 Å². The number of esters is 1. The first-order chi connectivity index (χ1) is 9.40. The predicted molar refractivity (Wildman–Crippen MR) is 77.8 cm³/mol. The molecule has 0 radical (unpaired) electrons. The monoisotopic (exact) mass is 296 g/mol. The molecule has 0 amide bonds. The summed E-state index contributed by atoms with van der Waals surface area (Å²) in [6.45, 7) is 4.11. The molecule has 1 N–H and O–H groups in total. The average Bonchev–Trinajstić information content (AvgIpc) is 2.67. The van der Waals surface area contributed by atoms with E-state index in [4.69, 9.17) is 9.29 Å². The molecule has 0 aliphatic heterocycles. The molecule has 0 heterocycles. The average molecular weight is 296 g/mol. The second-order valence-electron chi connectivity index (χ2n) is 5.93. The fourth-order valence-electron chi connectivity index (χ4n) is 2.81. The Balaban J connectivity index is 2.08. The summed E-state index contributed by atoms with van der Waals surface area (Å²) in [5, 5.41) is 0. The van der Waals surface area contributed by atoms with Gasteiger partial charge in [-0.1, -0.05) is 32.0 Å². The quantitative estimate of drug-likeness (QED) is 0.685.